The summed E-state index contributed by atoms with van der Waals surface area (Å²) in [6, 6.07) is 1.23. The number of hydrogen-bond acceptors (Lipinski definition) is 3. The lowest BCUT2D eigenvalue weighted by Gasteiger charge is -2.03. The third-order valence-corrected chi connectivity index (χ3v) is 1.23. The van der Waals surface area contributed by atoms with Gasteiger partial charge in [0.25, 0.3) is 0 Å². The molecule has 5 heteroatoms. The Morgan fingerprint density at radius 2 is 2.54 bits per heavy atom. The molecular formula is C8H11N3O2. The Hall–Kier alpha value is -1.78. The van der Waals surface area contributed by atoms with Crippen molar-refractivity contribution in [1.82, 2.24) is 10.5 Å². The zero-order chi connectivity index (χ0) is 9.68. The highest BCUT2D eigenvalue weighted by molar-refractivity contribution is 5.88. The maximum atomic E-state index is 11.1. The fraction of sp³-hybridized carbons (Fsp3) is 0.250. The van der Waals surface area contributed by atoms with E-state index < -0.39 is 0 Å². The summed E-state index contributed by atoms with van der Waals surface area (Å²) in [5.74, 6) is 0.388. The molecule has 13 heavy (non-hydrogen) atoms. The molecule has 2 amide bonds. The molecule has 0 bridgehead atoms. The lowest BCUT2D eigenvalue weighted by Crippen LogP contribution is -2.29. The second-order valence-electron chi connectivity index (χ2n) is 2.65. The topological polar surface area (TPSA) is 67.2 Å². The predicted octanol–water partition coefficient (Wildman–Crippen LogP) is 1.37. The molecule has 0 aliphatic rings. The monoisotopic (exact) mass is 181 g/mol. The molecule has 0 fully saturated rings. The minimum Gasteiger partial charge on any atom is -0.363 e. The van der Waals surface area contributed by atoms with Crippen LogP contribution in [0.15, 0.2) is 29.0 Å². The minimum absolute atomic E-state index is 0.322. The van der Waals surface area contributed by atoms with E-state index in [1.54, 1.807) is 6.07 Å². The normalized spacial score (nSPS) is 9.31. The molecule has 5 nitrogen and oxygen atoms in total. The zero-order valence-electron chi connectivity index (χ0n) is 7.33. The molecule has 1 aromatic heterocycles. The SMILES string of the molecule is C=C(C)CNC(=O)Nc1ccon1. The van der Waals surface area contributed by atoms with Crippen LogP contribution in [0.5, 0.6) is 0 Å². The summed E-state index contributed by atoms with van der Waals surface area (Å²) >= 11 is 0. The molecule has 0 radical (unpaired) electrons. The molecule has 0 saturated heterocycles. The first kappa shape index (κ1) is 9.31. The van der Waals surface area contributed by atoms with E-state index in [1.807, 2.05) is 6.92 Å². The van der Waals surface area contributed by atoms with Crippen LogP contribution >= 0.6 is 0 Å². The number of nitrogens with zero attached hydrogens (tertiary/aromatic N) is 1. The van der Waals surface area contributed by atoms with Crippen LogP contribution in [0.3, 0.4) is 0 Å². The van der Waals surface area contributed by atoms with Crippen LogP contribution in [0.2, 0.25) is 0 Å². The number of anilines is 1. The van der Waals surface area contributed by atoms with Gasteiger partial charge in [-0.3, -0.25) is 5.32 Å². The first-order chi connectivity index (χ1) is 6.18. The highest BCUT2D eigenvalue weighted by Crippen LogP contribution is 1.99. The number of carbonyl (C=O) groups excluding carboxylic acids is 1. The quantitative estimate of drug-likeness (QED) is 0.692. The van der Waals surface area contributed by atoms with Gasteiger partial charge in [0.1, 0.15) is 6.26 Å². The van der Waals surface area contributed by atoms with Gasteiger partial charge in [0.15, 0.2) is 5.82 Å². The zero-order valence-corrected chi connectivity index (χ0v) is 7.33. The van der Waals surface area contributed by atoms with E-state index in [-0.39, 0.29) is 6.03 Å². The molecule has 0 aliphatic carbocycles. The van der Waals surface area contributed by atoms with Crippen molar-refractivity contribution in [3.05, 3.63) is 24.5 Å². The third kappa shape index (κ3) is 3.42. The number of aromatic nitrogens is 1. The van der Waals surface area contributed by atoms with Crippen molar-refractivity contribution in [2.24, 2.45) is 0 Å². The van der Waals surface area contributed by atoms with Gasteiger partial charge in [-0.1, -0.05) is 17.3 Å². The summed E-state index contributed by atoms with van der Waals surface area (Å²) in [5.41, 5.74) is 0.885. The van der Waals surface area contributed by atoms with Gasteiger partial charge in [-0.05, 0) is 6.92 Å². The smallest absolute Gasteiger partial charge is 0.320 e. The van der Waals surface area contributed by atoms with E-state index in [1.165, 1.54) is 6.26 Å². The fourth-order valence-corrected chi connectivity index (χ4v) is 0.669. The Morgan fingerprint density at radius 3 is 3.08 bits per heavy atom. The maximum Gasteiger partial charge on any atom is 0.320 e. The maximum absolute atomic E-state index is 11.1. The van der Waals surface area contributed by atoms with E-state index in [0.717, 1.165) is 5.57 Å². The van der Waals surface area contributed by atoms with Crippen molar-refractivity contribution in [2.45, 2.75) is 6.92 Å². The van der Waals surface area contributed by atoms with Gasteiger partial charge in [0.05, 0.1) is 0 Å². The van der Waals surface area contributed by atoms with Gasteiger partial charge in [-0.2, -0.15) is 0 Å². The molecule has 2 N–H and O–H groups in total. The second kappa shape index (κ2) is 4.30. The Labute approximate surface area is 75.8 Å². The summed E-state index contributed by atoms with van der Waals surface area (Å²) in [6.07, 6.45) is 1.38. The Kier molecular flexibility index (Phi) is 3.08. The molecule has 1 heterocycles. The average Bonchev–Trinajstić information content (AvgIpc) is 2.53. The Morgan fingerprint density at radius 1 is 1.77 bits per heavy atom. The first-order valence-corrected chi connectivity index (χ1v) is 3.78. The van der Waals surface area contributed by atoms with Crippen molar-refractivity contribution < 1.29 is 9.32 Å². The van der Waals surface area contributed by atoms with Crippen molar-refractivity contribution in [2.75, 3.05) is 11.9 Å². The second-order valence-corrected chi connectivity index (χ2v) is 2.65. The van der Waals surface area contributed by atoms with Crippen LogP contribution in [0.25, 0.3) is 0 Å². The molecule has 70 valence electrons. The first-order valence-electron chi connectivity index (χ1n) is 3.78. The largest absolute Gasteiger partial charge is 0.363 e. The molecule has 0 aromatic carbocycles. The van der Waals surface area contributed by atoms with Gasteiger partial charge in [0, 0.05) is 12.6 Å². The summed E-state index contributed by atoms with van der Waals surface area (Å²) in [4.78, 5) is 11.1. The fourth-order valence-electron chi connectivity index (χ4n) is 0.669. The highest BCUT2D eigenvalue weighted by atomic mass is 16.5. The molecule has 1 rings (SSSR count). The van der Waals surface area contributed by atoms with Crippen LogP contribution in [0.1, 0.15) is 6.92 Å². The van der Waals surface area contributed by atoms with Gasteiger partial charge in [0.2, 0.25) is 0 Å². The van der Waals surface area contributed by atoms with Gasteiger partial charge in [-0.25, -0.2) is 4.79 Å². The number of hydrogen-bond donors (Lipinski definition) is 2. The molecule has 0 atom stereocenters. The van der Waals surface area contributed by atoms with Crippen molar-refractivity contribution >= 4 is 11.8 Å². The highest BCUT2D eigenvalue weighted by Gasteiger charge is 2.01. The van der Waals surface area contributed by atoms with Crippen LogP contribution < -0.4 is 10.6 Å². The van der Waals surface area contributed by atoms with E-state index in [4.69, 9.17) is 0 Å². The van der Waals surface area contributed by atoms with Crippen molar-refractivity contribution in [1.29, 1.82) is 0 Å². The molecule has 0 aliphatic heterocycles. The number of amides is 2. The number of carbonyl (C=O) groups is 1. The van der Waals surface area contributed by atoms with Crippen LogP contribution in [0, 0.1) is 0 Å². The molecule has 1 aromatic rings. The summed E-state index contributed by atoms with van der Waals surface area (Å²) in [6.45, 7) is 5.93. The van der Waals surface area contributed by atoms with Crippen molar-refractivity contribution in [3.8, 4) is 0 Å². The van der Waals surface area contributed by atoms with E-state index in [2.05, 4.69) is 26.9 Å². The van der Waals surface area contributed by atoms with Gasteiger partial charge >= 0.3 is 6.03 Å². The van der Waals surface area contributed by atoms with E-state index in [9.17, 15) is 4.79 Å². The van der Waals surface area contributed by atoms with Crippen LogP contribution in [-0.4, -0.2) is 17.7 Å². The number of urea groups is 1. The molecule has 0 spiro atoms. The number of rotatable bonds is 3. The summed E-state index contributed by atoms with van der Waals surface area (Å²) in [5, 5.41) is 8.58. The van der Waals surface area contributed by atoms with E-state index >= 15 is 0 Å². The van der Waals surface area contributed by atoms with Crippen molar-refractivity contribution in [3.63, 3.8) is 0 Å². The third-order valence-electron chi connectivity index (χ3n) is 1.23. The predicted molar refractivity (Wildman–Crippen MR) is 48.3 cm³/mol. The number of nitrogens with one attached hydrogen (secondary N) is 2. The average molecular weight is 181 g/mol. The lowest BCUT2D eigenvalue weighted by molar-refractivity contribution is 0.252. The molecular weight excluding hydrogens is 170 g/mol. The van der Waals surface area contributed by atoms with Gasteiger partial charge < -0.3 is 9.84 Å². The lowest BCUT2D eigenvalue weighted by atomic mass is 10.3. The summed E-state index contributed by atoms with van der Waals surface area (Å²) < 4.78 is 4.53. The summed E-state index contributed by atoms with van der Waals surface area (Å²) in [7, 11) is 0. The Balaban J connectivity index is 2.30. The molecule has 0 saturated carbocycles. The molecule has 0 unspecified atom stereocenters. The minimum atomic E-state index is -0.322. The van der Waals surface area contributed by atoms with Crippen LogP contribution in [-0.2, 0) is 0 Å². The Bertz CT molecular complexity index is 292. The van der Waals surface area contributed by atoms with Gasteiger partial charge in [-0.15, -0.1) is 0 Å². The van der Waals surface area contributed by atoms with Crippen LogP contribution in [0.4, 0.5) is 10.6 Å². The standard InChI is InChI=1S/C8H11N3O2/c1-6(2)5-9-8(12)10-7-3-4-13-11-7/h3-4H,1,5H2,2H3,(H2,9,10,11,12). The van der Waals surface area contributed by atoms with E-state index in [0.29, 0.717) is 12.4 Å².